The summed E-state index contributed by atoms with van der Waals surface area (Å²) in [5, 5.41) is 6.15. The molecule has 0 saturated carbocycles. The Balaban J connectivity index is 1.97. The van der Waals surface area contributed by atoms with E-state index in [1.807, 2.05) is 12.1 Å². The van der Waals surface area contributed by atoms with Crippen molar-refractivity contribution in [3.05, 3.63) is 22.8 Å². The van der Waals surface area contributed by atoms with E-state index in [1.165, 1.54) is 0 Å². The van der Waals surface area contributed by atoms with Crippen LogP contribution in [0.5, 0.6) is 0 Å². The third-order valence-electron chi connectivity index (χ3n) is 2.56. The monoisotopic (exact) mass is 283 g/mol. The molecule has 1 fully saturated rings. The van der Waals surface area contributed by atoms with Crippen LogP contribution in [0.2, 0.25) is 0 Å². The SMILES string of the molecule is O=C1CC(Nc2ccc(Br)cn2)CCCN1. The highest BCUT2D eigenvalue weighted by molar-refractivity contribution is 9.10. The Morgan fingerprint density at radius 3 is 3.12 bits per heavy atom. The summed E-state index contributed by atoms with van der Waals surface area (Å²) >= 11 is 3.34. The van der Waals surface area contributed by atoms with Gasteiger partial charge in [0.1, 0.15) is 5.82 Å². The average molecular weight is 284 g/mol. The molecule has 1 saturated heterocycles. The zero-order chi connectivity index (χ0) is 11.4. The standard InChI is InChI=1S/C11H14BrN3O/c12-8-3-4-10(14-7-8)15-9-2-1-5-13-11(16)6-9/h3-4,7,9H,1-2,5-6H2,(H,13,16)(H,14,15). The zero-order valence-corrected chi connectivity index (χ0v) is 10.5. The molecule has 0 radical (unpaired) electrons. The lowest BCUT2D eigenvalue weighted by Gasteiger charge is -2.15. The Morgan fingerprint density at radius 1 is 1.50 bits per heavy atom. The van der Waals surface area contributed by atoms with E-state index in [0.717, 1.165) is 29.7 Å². The van der Waals surface area contributed by atoms with Gasteiger partial charge < -0.3 is 10.6 Å². The lowest BCUT2D eigenvalue weighted by Crippen LogP contribution is -2.27. The molecule has 0 aliphatic carbocycles. The number of pyridine rings is 1. The number of nitrogens with zero attached hydrogens (tertiary/aromatic N) is 1. The number of hydrogen-bond acceptors (Lipinski definition) is 3. The largest absolute Gasteiger partial charge is 0.367 e. The molecule has 1 unspecified atom stereocenters. The zero-order valence-electron chi connectivity index (χ0n) is 8.87. The molecular weight excluding hydrogens is 270 g/mol. The molecule has 0 aromatic carbocycles. The number of hydrogen-bond donors (Lipinski definition) is 2. The number of anilines is 1. The van der Waals surface area contributed by atoms with Crippen molar-refractivity contribution in [2.75, 3.05) is 11.9 Å². The average Bonchev–Trinajstić information content (AvgIpc) is 2.46. The molecule has 5 heteroatoms. The third kappa shape index (κ3) is 3.20. The molecule has 1 atom stereocenters. The van der Waals surface area contributed by atoms with Gasteiger partial charge in [-0.05, 0) is 40.9 Å². The van der Waals surface area contributed by atoms with Gasteiger partial charge in [0, 0.05) is 29.7 Å². The molecule has 2 N–H and O–H groups in total. The van der Waals surface area contributed by atoms with Crippen LogP contribution in [-0.4, -0.2) is 23.5 Å². The molecule has 1 amide bonds. The van der Waals surface area contributed by atoms with E-state index in [9.17, 15) is 4.79 Å². The van der Waals surface area contributed by atoms with Crippen LogP contribution in [0.4, 0.5) is 5.82 Å². The summed E-state index contributed by atoms with van der Waals surface area (Å²) in [5.74, 6) is 0.940. The number of carbonyl (C=O) groups excluding carboxylic acids is 1. The Labute approximate surface area is 103 Å². The Morgan fingerprint density at radius 2 is 2.38 bits per heavy atom. The highest BCUT2D eigenvalue weighted by Crippen LogP contribution is 2.15. The minimum Gasteiger partial charge on any atom is -0.367 e. The summed E-state index contributed by atoms with van der Waals surface area (Å²) in [5.41, 5.74) is 0. The molecule has 2 heterocycles. The van der Waals surface area contributed by atoms with Gasteiger partial charge in [-0.2, -0.15) is 0 Å². The van der Waals surface area contributed by atoms with Crippen LogP contribution in [0.25, 0.3) is 0 Å². The molecule has 2 rings (SSSR count). The lowest BCUT2D eigenvalue weighted by molar-refractivity contribution is -0.120. The van der Waals surface area contributed by atoms with Crippen molar-refractivity contribution in [1.82, 2.24) is 10.3 Å². The smallest absolute Gasteiger partial charge is 0.222 e. The van der Waals surface area contributed by atoms with Crippen molar-refractivity contribution in [2.45, 2.75) is 25.3 Å². The van der Waals surface area contributed by atoms with E-state index in [0.29, 0.717) is 6.42 Å². The number of aromatic nitrogens is 1. The highest BCUT2D eigenvalue weighted by Gasteiger charge is 2.17. The minimum atomic E-state index is 0.118. The maximum Gasteiger partial charge on any atom is 0.222 e. The lowest BCUT2D eigenvalue weighted by atomic mass is 10.1. The first-order chi connectivity index (χ1) is 7.74. The maximum absolute atomic E-state index is 11.4. The number of halogens is 1. The van der Waals surface area contributed by atoms with Gasteiger partial charge in [0.15, 0.2) is 0 Å². The molecule has 0 spiro atoms. The van der Waals surface area contributed by atoms with E-state index in [1.54, 1.807) is 6.20 Å². The fraction of sp³-hybridized carbons (Fsp3) is 0.455. The fourth-order valence-corrected chi connectivity index (χ4v) is 2.00. The van der Waals surface area contributed by atoms with Crippen molar-refractivity contribution >= 4 is 27.7 Å². The van der Waals surface area contributed by atoms with Crippen LogP contribution in [-0.2, 0) is 4.79 Å². The number of amides is 1. The van der Waals surface area contributed by atoms with Gasteiger partial charge in [0.05, 0.1) is 0 Å². The molecule has 1 aliphatic rings. The Hall–Kier alpha value is -1.10. The van der Waals surface area contributed by atoms with Gasteiger partial charge in [-0.15, -0.1) is 0 Å². The van der Waals surface area contributed by atoms with Crippen LogP contribution >= 0.6 is 15.9 Å². The van der Waals surface area contributed by atoms with Gasteiger partial charge in [-0.3, -0.25) is 4.79 Å². The van der Waals surface area contributed by atoms with E-state index in [2.05, 4.69) is 31.5 Å². The van der Waals surface area contributed by atoms with Gasteiger partial charge in [0.2, 0.25) is 5.91 Å². The van der Waals surface area contributed by atoms with Crippen molar-refractivity contribution in [3.8, 4) is 0 Å². The van der Waals surface area contributed by atoms with Gasteiger partial charge in [-0.1, -0.05) is 0 Å². The van der Waals surface area contributed by atoms with E-state index in [4.69, 9.17) is 0 Å². The summed E-state index contributed by atoms with van der Waals surface area (Å²) < 4.78 is 0.955. The maximum atomic E-state index is 11.4. The number of nitrogens with one attached hydrogen (secondary N) is 2. The third-order valence-corrected chi connectivity index (χ3v) is 3.03. The molecule has 1 aromatic rings. The summed E-state index contributed by atoms with van der Waals surface area (Å²) in [6.07, 6.45) is 4.28. The second-order valence-electron chi connectivity index (χ2n) is 3.90. The molecule has 0 bridgehead atoms. The Bertz CT molecular complexity index is 366. The summed E-state index contributed by atoms with van der Waals surface area (Å²) in [6.45, 7) is 0.783. The van der Waals surface area contributed by atoms with Crippen LogP contribution < -0.4 is 10.6 Å². The van der Waals surface area contributed by atoms with Gasteiger partial charge in [0.25, 0.3) is 0 Å². The number of carbonyl (C=O) groups is 1. The van der Waals surface area contributed by atoms with Gasteiger partial charge in [-0.25, -0.2) is 4.98 Å². The van der Waals surface area contributed by atoms with Crippen molar-refractivity contribution < 1.29 is 4.79 Å². The van der Waals surface area contributed by atoms with E-state index >= 15 is 0 Å². The second-order valence-corrected chi connectivity index (χ2v) is 4.81. The van der Waals surface area contributed by atoms with E-state index < -0.39 is 0 Å². The second kappa shape index (κ2) is 5.30. The van der Waals surface area contributed by atoms with Crippen molar-refractivity contribution in [2.24, 2.45) is 0 Å². The highest BCUT2D eigenvalue weighted by atomic mass is 79.9. The summed E-state index contributed by atoms with van der Waals surface area (Å²) in [7, 11) is 0. The first-order valence-corrected chi connectivity index (χ1v) is 6.18. The van der Waals surface area contributed by atoms with Crippen LogP contribution in [0.3, 0.4) is 0 Å². The number of rotatable bonds is 2. The molecule has 4 nitrogen and oxygen atoms in total. The fourth-order valence-electron chi connectivity index (χ4n) is 1.77. The molecule has 86 valence electrons. The summed E-state index contributed by atoms with van der Waals surface area (Å²) in [4.78, 5) is 15.6. The van der Waals surface area contributed by atoms with Crippen LogP contribution in [0.1, 0.15) is 19.3 Å². The van der Waals surface area contributed by atoms with Crippen LogP contribution in [0.15, 0.2) is 22.8 Å². The quantitative estimate of drug-likeness (QED) is 0.872. The molecule has 1 aromatic heterocycles. The minimum absolute atomic E-state index is 0.118. The molecular formula is C11H14BrN3O. The molecule has 16 heavy (non-hydrogen) atoms. The predicted octanol–water partition coefficient (Wildman–Crippen LogP) is 1.92. The Kier molecular flexibility index (Phi) is 3.77. The van der Waals surface area contributed by atoms with Gasteiger partial charge >= 0.3 is 0 Å². The van der Waals surface area contributed by atoms with Crippen LogP contribution in [0, 0.1) is 0 Å². The topological polar surface area (TPSA) is 54.0 Å². The first-order valence-electron chi connectivity index (χ1n) is 5.39. The predicted molar refractivity (Wildman–Crippen MR) is 66.2 cm³/mol. The van der Waals surface area contributed by atoms with Crippen molar-refractivity contribution in [1.29, 1.82) is 0 Å². The van der Waals surface area contributed by atoms with E-state index in [-0.39, 0.29) is 11.9 Å². The summed E-state index contributed by atoms with van der Waals surface area (Å²) in [6, 6.07) is 4.04. The molecule has 1 aliphatic heterocycles. The normalized spacial score (nSPS) is 21.1. The first kappa shape index (κ1) is 11.4. The van der Waals surface area contributed by atoms with Crippen molar-refractivity contribution in [3.63, 3.8) is 0 Å².